The van der Waals surface area contributed by atoms with Crippen molar-refractivity contribution in [2.45, 2.75) is 33.6 Å². The molecule has 0 aliphatic carbocycles. The maximum Gasteiger partial charge on any atom is 0.306 e. The number of esters is 1. The first-order valence-electron chi connectivity index (χ1n) is 5.84. The summed E-state index contributed by atoms with van der Waals surface area (Å²) in [7, 11) is 0. The number of aromatic nitrogens is 1. The Morgan fingerprint density at radius 2 is 2.06 bits per heavy atom. The minimum Gasteiger partial charge on any atom is -0.466 e. The number of hydrogen-bond donors (Lipinski definition) is 1. The summed E-state index contributed by atoms with van der Waals surface area (Å²) in [5, 5.41) is 0. The van der Waals surface area contributed by atoms with Gasteiger partial charge in [0, 0.05) is 17.7 Å². The van der Waals surface area contributed by atoms with Gasteiger partial charge in [0.05, 0.1) is 12.3 Å². The van der Waals surface area contributed by atoms with E-state index in [-0.39, 0.29) is 18.2 Å². The molecule has 0 bridgehead atoms. The molecule has 0 unspecified atom stereocenters. The number of carbonyl (C=O) groups is 3. The van der Waals surface area contributed by atoms with Gasteiger partial charge in [-0.15, -0.1) is 0 Å². The van der Waals surface area contributed by atoms with E-state index >= 15 is 0 Å². The Morgan fingerprint density at radius 3 is 2.56 bits per heavy atom. The maximum absolute atomic E-state index is 11.5. The van der Waals surface area contributed by atoms with Gasteiger partial charge in [-0.3, -0.25) is 14.4 Å². The number of nitrogens with one attached hydrogen (secondary N) is 1. The highest BCUT2D eigenvalue weighted by Crippen LogP contribution is 2.20. The lowest BCUT2D eigenvalue weighted by Gasteiger charge is -2.03. The summed E-state index contributed by atoms with van der Waals surface area (Å²) < 4.78 is 4.82. The number of carbonyl (C=O) groups excluding carboxylic acids is 3. The molecule has 0 spiro atoms. The lowest BCUT2D eigenvalue weighted by atomic mass is 10.0. The highest BCUT2D eigenvalue weighted by atomic mass is 16.5. The average Bonchev–Trinajstić information content (AvgIpc) is 2.63. The predicted molar refractivity (Wildman–Crippen MR) is 65.9 cm³/mol. The van der Waals surface area contributed by atoms with Crippen LogP contribution in [0.2, 0.25) is 0 Å². The van der Waals surface area contributed by atoms with Gasteiger partial charge in [-0.05, 0) is 32.8 Å². The van der Waals surface area contributed by atoms with Crippen molar-refractivity contribution in [2.24, 2.45) is 0 Å². The van der Waals surface area contributed by atoms with Gasteiger partial charge in [0.2, 0.25) is 0 Å². The van der Waals surface area contributed by atoms with Gasteiger partial charge in [-0.2, -0.15) is 0 Å². The molecular weight excluding hydrogens is 234 g/mol. The molecule has 0 saturated carbocycles. The second kappa shape index (κ2) is 6.14. The minimum absolute atomic E-state index is 0.115. The van der Waals surface area contributed by atoms with Gasteiger partial charge in [0.25, 0.3) is 0 Å². The van der Waals surface area contributed by atoms with Crippen molar-refractivity contribution in [2.75, 3.05) is 6.61 Å². The first-order valence-corrected chi connectivity index (χ1v) is 5.84. The van der Waals surface area contributed by atoms with E-state index in [1.807, 2.05) is 0 Å². The number of hydrogen-bond acceptors (Lipinski definition) is 4. The zero-order valence-corrected chi connectivity index (χ0v) is 10.8. The van der Waals surface area contributed by atoms with Crippen LogP contribution in [0.25, 0.3) is 0 Å². The third kappa shape index (κ3) is 3.06. The van der Waals surface area contributed by atoms with E-state index < -0.39 is 0 Å². The third-order valence-corrected chi connectivity index (χ3v) is 2.68. The number of H-pyrrole nitrogens is 1. The van der Waals surface area contributed by atoms with Crippen LogP contribution in [0.4, 0.5) is 0 Å². The molecule has 1 N–H and O–H groups in total. The first kappa shape index (κ1) is 14.2. The van der Waals surface area contributed by atoms with Gasteiger partial charge in [0.1, 0.15) is 0 Å². The summed E-state index contributed by atoms with van der Waals surface area (Å²) in [5.74, 6) is -0.446. The van der Waals surface area contributed by atoms with Crippen LogP contribution in [-0.4, -0.2) is 29.6 Å². The SMILES string of the molecule is CCOC(=O)CCc1c(C=O)[nH]c(C)c1C(C)=O. The molecular formula is C13H17NO4. The Hall–Kier alpha value is -1.91. The van der Waals surface area contributed by atoms with Crippen molar-refractivity contribution in [3.8, 4) is 0 Å². The summed E-state index contributed by atoms with van der Waals surface area (Å²) >= 11 is 0. The Bertz CT molecular complexity index is 474. The highest BCUT2D eigenvalue weighted by molar-refractivity contribution is 5.99. The molecule has 5 nitrogen and oxygen atoms in total. The van der Waals surface area contributed by atoms with E-state index in [9.17, 15) is 14.4 Å². The zero-order chi connectivity index (χ0) is 13.7. The molecule has 1 aromatic rings. The van der Waals surface area contributed by atoms with Gasteiger partial charge >= 0.3 is 5.97 Å². The number of aryl methyl sites for hydroxylation is 1. The van der Waals surface area contributed by atoms with E-state index in [1.54, 1.807) is 13.8 Å². The fourth-order valence-corrected chi connectivity index (χ4v) is 2.00. The number of Topliss-reactive ketones (excluding diaryl/α,β-unsaturated/α-hetero) is 1. The van der Waals surface area contributed by atoms with E-state index in [4.69, 9.17) is 4.74 Å². The van der Waals surface area contributed by atoms with Crippen molar-refractivity contribution in [1.29, 1.82) is 0 Å². The van der Waals surface area contributed by atoms with Crippen LogP contribution >= 0.6 is 0 Å². The molecule has 0 amide bonds. The summed E-state index contributed by atoms with van der Waals surface area (Å²) in [6, 6.07) is 0. The molecule has 0 radical (unpaired) electrons. The van der Waals surface area contributed by atoms with Crippen LogP contribution < -0.4 is 0 Å². The second-order valence-electron chi connectivity index (χ2n) is 4.00. The molecule has 98 valence electrons. The molecule has 0 aliphatic heterocycles. The second-order valence-corrected chi connectivity index (χ2v) is 4.00. The number of ketones is 1. The van der Waals surface area contributed by atoms with Crippen molar-refractivity contribution in [3.05, 3.63) is 22.5 Å². The van der Waals surface area contributed by atoms with Crippen molar-refractivity contribution >= 4 is 18.0 Å². The average molecular weight is 251 g/mol. The normalized spacial score (nSPS) is 10.2. The third-order valence-electron chi connectivity index (χ3n) is 2.68. The molecule has 0 saturated heterocycles. The lowest BCUT2D eigenvalue weighted by molar-refractivity contribution is -0.143. The van der Waals surface area contributed by atoms with E-state index in [0.717, 1.165) is 0 Å². The Balaban J connectivity index is 2.95. The molecule has 1 heterocycles. The Morgan fingerprint density at radius 1 is 1.39 bits per heavy atom. The van der Waals surface area contributed by atoms with Gasteiger partial charge in [-0.1, -0.05) is 0 Å². The van der Waals surface area contributed by atoms with Crippen molar-refractivity contribution < 1.29 is 19.1 Å². The van der Waals surface area contributed by atoms with Crippen LogP contribution in [-0.2, 0) is 16.0 Å². The van der Waals surface area contributed by atoms with Crippen LogP contribution in [0.3, 0.4) is 0 Å². The van der Waals surface area contributed by atoms with E-state index in [0.29, 0.717) is 41.8 Å². The quantitative estimate of drug-likeness (QED) is 0.475. The van der Waals surface area contributed by atoms with Crippen LogP contribution in [0, 0.1) is 6.92 Å². The summed E-state index contributed by atoms with van der Waals surface area (Å²) in [5.41, 5.74) is 2.12. The minimum atomic E-state index is -0.331. The summed E-state index contributed by atoms with van der Waals surface area (Å²) in [4.78, 5) is 36.6. The number of ether oxygens (including phenoxy) is 1. The molecule has 0 aliphatic rings. The monoisotopic (exact) mass is 251 g/mol. The highest BCUT2D eigenvalue weighted by Gasteiger charge is 2.18. The predicted octanol–water partition coefficient (Wildman–Crippen LogP) is 1.83. The Kier molecular flexibility index (Phi) is 4.83. The summed E-state index contributed by atoms with van der Waals surface area (Å²) in [6.45, 7) is 5.23. The fraction of sp³-hybridized carbons (Fsp3) is 0.462. The molecule has 0 aromatic carbocycles. The van der Waals surface area contributed by atoms with Crippen molar-refractivity contribution in [3.63, 3.8) is 0 Å². The largest absolute Gasteiger partial charge is 0.466 e. The van der Waals surface area contributed by atoms with Crippen LogP contribution in [0.5, 0.6) is 0 Å². The number of aldehydes is 1. The Labute approximate surface area is 106 Å². The number of aromatic amines is 1. The standard InChI is InChI=1S/C13H17NO4/c1-4-18-12(17)6-5-10-11(7-15)14-8(2)13(10)9(3)16/h7,14H,4-6H2,1-3H3. The van der Waals surface area contributed by atoms with Crippen LogP contribution in [0.1, 0.15) is 52.4 Å². The molecule has 1 aromatic heterocycles. The first-order chi connectivity index (χ1) is 8.51. The fourth-order valence-electron chi connectivity index (χ4n) is 2.00. The van der Waals surface area contributed by atoms with Crippen LogP contribution in [0.15, 0.2) is 0 Å². The smallest absolute Gasteiger partial charge is 0.306 e. The maximum atomic E-state index is 11.5. The molecule has 5 heteroatoms. The van der Waals surface area contributed by atoms with Crippen molar-refractivity contribution in [1.82, 2.24) is 4.98 Å². The summed E-state index contributed by atoms with van der Waals surface area (Å²) in [6.07, 6.45) is 1.15. The van der Waals surface area contributed by atoms with Gasteiger partial charge < -0.3 is 9.72 Å². The number of rotatable bonds is 6. The molecule has 0 fully saturated rings. The molecule has 18 heavy (non-hydrogen) atoms. The van der Waals surface area contributed by atoms with E-state index in [1.165, 1.54) is 6.92 Å². The molecule has 1 rings (SSSR count). The van der Waals surface area contributed by atoms with Gasteiger partial charge in [0.15, 0.2) is 12.1 Å². The molecule has 0 atom stereocenters. The topological polar surface area (TPSA) is 76.2 Å². The lowest BCUT2D eigenvalue weighted by Crippen LogP contribution is -2.07. The zero-order valence-electron chi connectivity index (χ0n) is 10.8. The van der Waals surface area contributed by atoms with E-state index in [2.05, 4.69) is 4.98 Å². The van der Waals surface area contributed by atoms with Gasteiger partial charge in [-0.25, -0.2) is 0 Å².